The van der Waals surface area contributed by atoms with E-state index in [0.717, 1.165) is 44.3 Å². The number of aromatic nitrogens is 2. The molecule has 6 rings (SSSR count). The second-order valence-electron chi connectivity index (χ2n) is 10.8. The minimum atomic E-state index is -1.07. The maximum atomic E-state index is 11.5. The van der Waals surface area contributed by atoms with E-state index in [1.165, 1.54) is 0 Å². The number of pyridine rings is 2. The molecule has 0 N–H and O–H groups in total. The molecule has 0 aliphatic heterocycles. The fourth-order valence-electron chi connectivity index (χ4n) is 5.34. The average molecular weight is 591 g/mol. The van der Waals surface area contributed by atoms with E-state index in [1.807, 2.05) is 121 Å². The number of aliphatic carboxylic acids is 1. The molecule has 7 heteroatoms. The molecule has 2 aromatic heterocycles. The number of benzene rings is 4. The Morgan fingerprint density at radius 2 is 1.07 bits per heavy atom. The summed E-state index contributed by atoms with van der Waals surface area (Å²) in [6.45, 7) is 2.75. The Hall–Kier alpha value is -4.23. The van der Waals surface area contributed by atoms with Crippen molar-refractivity contribution in [1.29, 1.82) is 0 Å². The summed E-state index contributed by atoms with van der Waals surface area (Å²) in [4.78, 5) is 20.8. The van der Waals surface area contributed by atoms with E-state index in [2.05, 4.69) is 16.9 Å². The van der Waals surface area contributed by atoms with Crippen LogP contribution >= 0.6 is 0 Å². The van der Waals surface area contributed by atoms with Crippen LogP contribution in [-0.4, -0.2) is 15.9 Å². The van der Waals surface area contributed by atoms with Gasteiger partial charge in [0, 0.05) is 22.2 Å². The minimum absolute atomic E-state index is 0. The molecule has 44 heavy (non-hydrogen) atoms. The summed E-state index contributed by atoms with van der Waals surface area (Å²) < 4.78 is 12.1. The van der Waals surface area contributed by atoms with Crippen molar-refractivity contribution >= 4 is 27.8 Å². The van der Waals surface area contributed by atoms with Gasteiger partial charge in [-0.3, -0.25) is 0 Å². The topological polar surface area (TPSA) is 84.4 Å². The summed E-state index contributed by atoms with van der Waals surface area (Å²) in [5.74, 6) is 0.357. The Morgan fingerprint density at radius 3 is 1.50 bits per heavy atom. The van der Waals surface area contributed by atoms with Crippen molar-refractivity contribution in [2.45, 2.75) is 38.4 Å². The van der Waals surface area contributed by atoms with Gasteiger partial charge in [-0.2, -0.15) is 0 Å². The third-order valence-electron chi connectivity index (χ3n) is 7.90. The molecule has 0 spiro atoms. The first-order valence-electron chi connectivity index (χ1n) is 14.3. The van der Waals surface area contributed by atoms with Crippen LogP contribution in [0.25, 0.3) is 21.8 Å². The molecule has 0 radical (unpaired) electrons. The number of carbonyl (C=O) groups is 1. The maximum absolute atomic E-state index is 11.5. The number of carbonyl (C=O) groups excluding carboxylic acids is 1. The van der Waals surface area contributed by atoms with Gasteiger partial charge in [-0.1, -0.05) is 79.7 Å². The Labute approximate surface area is 279 Å². The number of hydrogen-bond donors (Lipinski definition) is 0. The number of rotatable bonds is 11. The Morgan fingerprint density at radius 1 is 0.636 bits per heavy atom. The van der Waals surface area contributed by atoms with E-state index in [9.17, 15) is 9.90 Å². The third kappa shape index (κ3) is 7.28. The van der Waals surface area contributed by atoms with E-state index >= 15 is 0 Å². The first-order chi connectivity index (χ1) is 21.0. The summed E-state index contributed by atoms with van der Waals surface area (Å²) in [7, 11) is 0. The summed E-state index contributed by atoms with van der Waals surface area (Å²) in [6.07, 6.45) is 0.325. The molecule has 2 heterocycles. The number of carboxylic acids is 1. The molecule has 6 nitrogen and oxygen atoms in total. The Balaban J connectivity index is 0.00000384. The Kier molecular flexibility index (Phi) is 9.95. The molecule has 0 atom stereocenters. The van der Waals surface area contributed by atoms with Crippen LogP contribution in [0.1, 0.15) is 42.3 Å². The summed E-state index contributed by atoms with van der Waals surface area (Å²) in [5, 5.41) is 13.6. The molecular formula is C37H31N2NaO4. The number of fused-ring (bicyclic) bond motifs is 2. The average Bonchev–Trinajstić information content (AvgIpc) is 3.05. The van der Waals surface area contributed by atoms with Gasteiger partial charge in [0.1, 0.15) is 24.7 Å². The SMILES string of the molecule is CC(CCC(=O)[O-])(c1ccc(OCc2ccc3ccccc3n2)cc1)c1ccc(OCc2ccc3ccccc3n2)cc1.[Na+]. The van der Waals surface area contributed by atoms with E-state index in [-0.39, 0.29) is 36.0 Å². The fraction of sp³-hybridized carbons (Fsp3) is 0.162. The summed E-state index contributed by atoms with van der Waals surface area (Å²) in [6, 6.07) is 39.7. The smallest absolute Gasteiger partial charge is 0.550 e. The first kappa shape index (κ1) is 31.2. The van der Waals surface area contributed by atoms with Gasteiger partial charge in [0.05, 0.1) is 22.4 Å². The predicted octanol–water partition coefficient (Wildman–Crippen LogP) is 3.78. The van der Waals surface area contributed by atoms with Crippen LogP contribution in [0.15, 0.2) is 121 Å². The molecule has 0 unspecified atom stereocenters. The standard InChI is InChI=1S/C37H32N2O4.Na/c1-37(23-22-36(40)41,28-12-18-32(19-13-28)42-24-30-16-10-26-6-2-4-8-34(26)38-30)29-14-20-33(21-15-29)43-25-31-17-11-27-7-3-5-9-35(27)39-31;/h2-21H,22-25H2,1H3,(H,40,41);/q;+1/p-1. The minimum Gasteiger partial charge on any atom is -0.550 e. The first-order valence-corrected chi connectivity index (χ1v) is 14.3. The summed E-state index contributed by atoms with van der Waals surface area (Å²) >= 11 is 0. The molecule has 0 fully saturated rings. The fourth-order valence-corrected chi connectivity index (χ4v) is 5.34. The number of carboxylic acid groups (broad SMARTS) is 1. The zero-order valence-corrected chi connectivity index (χ0v) is 26.9. The van der Waals surface area contributed by atoms with E-state index in [1.54, 1.807) is 0 Å². The van der Waals surface area contributed by atoms with Gasteiger partial charge in [0.25, 0.3) is 0 Å². The molecular weight excluding hydrogens is 559 g/mol. The van der Waals surface area contributed by atoms with Crippen LogP contribution in [0.2, 0.25) is 0 Å². The largest absolute Gasteiger partial charge is 1.00 e. The molecule has 0 aliphatic rings. The molecule has 0 bridgehead atoms. The maximum Gasteiger partial charge on any atom is 1.00 e. The van der Waals surface area contributed by atoms with Crippen molar-refractivity contribution in [2.24, 2.45) is 0 Å². The van der Waals surface area contributed by atoms with Crippen LogP contribution in [0.5, 0.6) is 11.5 Å². The monoisotopic (exact) mass is 590 g/mol. The third-order valence-corrected chi connectivity index (χ3v) is 7.90. The van der Waals surface area contributed by atoms with Crippen molar-refractivity contribution in [1.82, 2.24) is 9.97 Å². The van der Waals surface area contributed by atoms with Crippen LogP contribution in [0, 0.1) is 0 Å². The van der Waals surface area contributed by atoms with Gasteiger partial charge in [-0.15, -0.1) is 0 Å². The van der Waals surface area contributed by atoms with Gasteiger partial charge in [-0.25, -0.2) is 9.97 Å². The van der Waals surface area contributed by atoms with Crippen LogP contribution < -0.4 is 44.1 Å². The Bertz CT molecular complexity index is 1750. The molecule has 0 aliphatic carbocycles. The van der Waals surface area contributed by atoms with E-state index in [0.29, 0.717) is 31.1 Å². The van der Waals surface area contributed by atoms with Crippen molar-refractivity contribution in [3.8, 4) is 11.5 Å². The van der Waals surface area contributed by atoms with Crippen molar-refractivity contribution in [3.05, 3.63) is 144 Å². The number of para-hydroxylation sites is 2. The second kappa shape index (κ2) is 14.0. The van der Waals surface area contributed by atoms with E-state index < -0.39 is 11.4 Å². The number of hydrogen-bond acceptors (Lipinski definition) is 6. The van der Waals surface area contributed by atoms with Crippen LogP contribution in [0.3, 0.4) is 0 Å². The molecule has 0 amide bonds. The van der Waals surface area contributed by atoms with Gasteiger partial charge in [0.2, 0.25) is 0 Å². The van der Waals surface area contributed by atoms with Crippen LogP contribution in [0.4, 0.5) is 0 Å². The molecule has 0 saturated carbocycles. The van der Waals surface area contributed by atoms with Crippen molar-refractivity contribution in [3.63, 3.8) is 0 Å². The zero-order chi connectivity index (χ0) is 29.6. The quantitative estimate of drug-likeness (QED) is 0.214. The van der Waals surface area contributed by atoms with Gasteiger partial charge in [0.15, 0.2) is 0 Å². The number of ether oxygens (including phenoxy) is 2. The van der Waals surface area contributed by atoms with Gasteiger partial charge < -0.3 is 19.4 Å². The normalized spacial score (nSPS) is 11.2. The second-order valence-corrected chi connectivity index (χ2v) is 10.8. The molecule has 6 aromatic rings. The van der Waals surface area contributed by atoms with Crippen molar-refractivity contribution in [2.75, 3.05) is 0 Å². The summed E-state index contributed by atoms with van der Waals surface area (Å²) in [5.41, 5.74) is 4.98. The van der Waals surface area contributed by atoms with E-state index in [4.69, 9.17) is 9.47 Å². The molecule has 4 aromatic carbocycles. The number of nitrogens with zero attached hydrogens (tertiary/aromatic N) is 2. The van der Waals surface area contributed by atoms with Gasteiger partial charge in [-0.05, 0) is 72.5 Å². The van der Waals surface area contributed by atoms with Gasteiger partial charge >= 0.3 is 29.6 Å². The van der Waals surface area contributed by atoms with Crippen molar-refractivity contribution < 1.29 is 48.9 Å². The zero-order valence-electron chi connectivity index (χ0n) is 24.9. The van der Waals surface area contributed by atoms with Crippen LogP contribution in [-0.2, 0) is 23.4 Å². The molecule has 214 valence electrons. The predicted molar refractivity (Wildman–Crippen MR) is 166 cm³/mol. The molecule has 0 saturated heterocycles.